The fourth-order valence-corrected chi connectivity index (χ4v) is 5.20. The first-order valence-corrected chi connectivity index (χ1v) is 13.1. The van der Waals surface area contributed by atoms with Gasteiger partial charge in [0.25, 0.3) is 5.91 Å². The third-order valence-corrected chi connectivity index (χ3v) is 7.39. The average Bonchev–Trinajstić information content (AvgIpc) is 3.59. The molecule has 0 aromatic heterocycles. The van der Waals surface area contributed by atoms with E-state index in [1.807, 2.05) is 54.6 Å². The second-order valence-electron chi connectivity index (χ2n) is 10.3. The van der Waals surface area contributed by atoms with Crippen LogP contribution in [0.1, 0.15) is 63.0 Å². The number of hydrogen-bond acceptors (Lipinski definition) is 4. The highest BCUT2D eigenvalue weighted by molar-refractivity contribution is 6.20. The molecule has 188 valence electrons. The summed E-state index contributed by atoms with van der Waals surface area (Å²) in [5, 5.41) is 5.65. The smallest absolute Gasteiger partial charge is 0.272 e. The summed E-state index contributed by atoms with van der Waals surface area (Å²) >= 11 is 0. The number of benzene rings is 2. The minimum atomic E-state index is -1.08. The maximum Gasteiger partial charge on any atom is 0.272 e. The van der Waals surface area contributed by atoms with Gasteiger partial charge in [0.1, 0.15) is 6.04 Å². The van der Waals surface area contributed by atoms with Crippen LogP contribution >= 0.6 is 0 Å². The predicted octanol–water partition coefficient (Wildman–Crippen LogP) is 3.81. The van der Waals surface area contributed by atoms with Crippen LogP contribution in [-0.4, -0.2) is 42.2 Å². The molecule has 0 bridgehead atoms. The van der Waals surface area contributed by atoms with Crippen LogP contribution in [0.25, 0.3) is 0 Å². The van der Waals surface area contributed by atoms with Crippen molar-refractivity contribution in [2.24, 2.45) is 16.8 Å². The van der Waals surface area contributed by atoms with Gasteiger partial charge in [0.05, 0.1) is 11.4 Å². The Labute approximate surface area is 212 Å². The number of hydrogen-bond donors (Lipinski definition) is 2. The molecule has 2 aromatic rings. The zero-order chi connectivity index (χ0) is 25.1. The Morgan fingerprint density at radius 2 is 1.67 bits per heavy atom. The van der Waals surface area contributed by atoms with Crippen LogP contribution in [0, 0.1) is 11.8 Å². The summed E-state index contributed by atoms with van der Waals surface area (Å²) in [6.45, 7) is 2.26. The van der Waals surface area contributed by atoms with Crippen molar-refractivity contribution in [3.05, 3.63) is 65.7 Å². The van der Waals surface area contributed by atoms with Crippen LogP contribution < -0.4 is 15.5 Å². The van der Waals surface area contributed by atoms with Crippen molar-refractivity contribution < 1.29 is 14.4 Å². The van der Waals surface area contributed by atoms with Gasteiger partial charge in [-0.25, -0.2) is 4.99 Å². The lowest BCUT2D eigenvalue weighted by Crippen LogP contribution is -2.53. The van der Waals surface area contributed by atoms with Crippen molar-refractivity contribution in [1.82, 2.24) is 10.6 Å². The summed E-state index contributed by atoms with van der Waals surface area (Å²) < 4.78 is 0. The predicted molar refractivity (Wildman–Crippen MR) is 140 cm³/mol. The van der Waals surface area contributed by atoms with E-state index in [1.54, 1.807) is 11.8 Å². The van der Waals surface area contributed by atoms with E-state index in [0.717, 1.165) is 42.5 Å². The van der Waals surface area contributed by atoms with E-state index < -0.39 is 18.1 Å². The van der Waals surface area contributed by atoms with Gasteiger partial charge in [-0.3, -0.25) is 14.4 Å². The molecule has 0 spiro atoms. The molecule has 1 heterocycles. The van der Waals surface area contributed by atoms with Crippen molar-refractivity contribution in [2.45, 2.75) is 64.1 Å². The Hall–Kier alpha value is -3.48. The summed E-state index contributed by atoms with van der Waals surface area (Å²) in [6, 6.07) is 16.8. The monoisotopic (exact) mass is 486 g/mol. The zero-order valence-corrected chi connectivity index (χ0v) is 20.8. The molecule has 1 aliphatic heterocycles. The highest BCUT2D eigenvalue weighted by atomic mass is 16.2. The summed E-state index contributed by atoms with van der Waals surface area (Å²) in [6.07, 6.45) is 6.03. The number of carbonyl (C=O) groups excluding carboxylic acids is 3. The summed E-state index contributed by atoms with van der Waals surface area (Å²) in [5.74, 6) is 0.0781. The molecule has 2 atom stereocenters. The van der Waals surface area contributed by atoms with Gasteiger partial charge in [-0.05, 0) is 50.5 Å². The molecule has 2 N–H and O–H groups in total. The highest BCUT2D eigenvalue weighted by Crippen LogP contribution is 2.35. The number of amides is 3. The SMILES string of the molecule is C[C@H](NC(=O)CC1CCCC1)C(=O)NC1N=C(c2ccccc2)c2ccccc2N(CC2CC2)C1=O. The standard InChI is InChI=1S/C29H34N4O3/c1-19(30-25(34)17-20-9-5-6-10-20)28(35)32-27-29(36)33(18-21-15-16-21)24-14-8-7-13-23(24)26(31-27)22-11-3-2-4-12-22/h2-4,7-8,11-14,19-21,27H,5-6,9-10,15-18H2,1H3,(H,30,34)(H,32,35)/t19-,27?/m0/s1. The first-order valence-electron chi connectivity index (χ1n) is 13.1. The summed E-state index contributed by atoms with van der Waals surface area (Å²) in [4.78, 5) is 46.0. The Kier molecular flexibility index (Phi) is 7.16. The first-order chi connectivity index (χ1) is 17.5. The number of aliphatic imine (C=N–C) groups is 1. The quantitative estimate of drug-likeness (QED) is 0.595. The molecular weight excluding hydrogens is 452 g/mol. The molecule has 7 nitrogen and oxygen atoms in total. The van der Waals surface area contributed by atoms with Crippen LogP contribution in [0.5, 0.6) is 0 Å². The molecule has 36 heavy (non-hydrogen) atoms. The Morgan fingerprint density at radius 3 is 2.39 bits per heavy atom. The lowest BCUT2D eigenvalue weighted by Gasteiger charge is -2.26. The van der Waals surface area contributed by atoms with E-state index >= 15 is 0 Å². The molecule has 5 rings (SSSR count). The van der Waals surface area contributed by atoms with E-state index in [2.05, 4.69) is 10.6 Å². The highest BCUT2D eigenvalue weighted by Gasteiger charge is 2.36. The van der Waals surface area contributed by atoms with Gasteiger partial charge in [-0.2, -0.15) is 0 Å². The van der Waals surface area contributed by atoms with Crippen molar-refractivity contribution in [1.29, 1.82) is 0 Å². The lowest BCUT2D eigenvalue weighted by atomic mass is 10.00. The number of nitrogens with zero attached hydrogens (tertiary/aromatic N) is 2. The van der Waals surface area contributed by atoms with E-state index in [0.29, 0.717) is 30.5 Å². The van der Waals surface area contributed by atoms with Crippen LogP contribution in [0.3, 0.4) is 0 Å². The molecule has 2 aliphatic carbocycles. The van der Waals surface area contributed by atoms with Crippen LogP contribution in [-0.2, 0) is 14.4 Å². The summed E-state index contributed by atoms with van der Waals surface area (Å²) in [7, 11) is 0. The normalized spacial score (nSPS) is 20.8. The number of para-hydroxylation sites is 1. The van der Waals surface area contributed by atoms with Crippen LogP contribution in [0.4, 0.5) is 5.69 Å². The Morgan fingerprint density at radius 1 is 0.972 bits per heavy atom. The molecule has 2 aromatic carbocycles. The number of rotatable bonds is 8. The molecule has 2 fully saturated rings. The minimum Gasteiger partial charge on any atom is -0.345 e. The van der Waals surface area contributed by atoms with Crippen molar-refractivity contribution in [3.8, 4) is 0 Å². The fourth-order valence-electron chi connectivity index (χ4n) is 5.20. The number of fused-ring (bicyclic) bond motifs is 1. The maximum absolute atomic E-state index is 13.8. The zero-order valence-electron chi connectivity index (χ0n) is 20.8. The van der Waals surface area contributed by atoms with Gasteiger partial charge in [-0.15, -0.1) is 0 Å². The Bertz CT molecular complexity index is 1150. The topological polar surface area (TPSA) is 90.9 Å². The number of anilines is 1. The maximum atomic E-state index is 13.8. The van der Waals surface area contributed by atoms with E-state index in [-0.39, 0.29) is 11.8 Å². The molecular formula is C29H34N4O3. The number of carbonyl (C=O) groups is 3. The van der Waals surface area contributed by atoms with Crippen LogP contribution in [0.2, 0.25) is 0 Å². The van der Waals surface area contributed by atoms with Gasteiger partial charge in [0.15, 0.2) is 0 Å². The summed E-state index contributed by atoms with van der Waals surface area (Å²) in [5.41, 5.74) is 3.23. The third-order valence-electron chi connectivity index (χ3n) is 7.39. The molecule has 2 saturated carbocycles. The van der Waals surface area contributed by atoms with E-state index in [4.69, 9.17) is 4.99 Å². The Balaban J connectivity index is 1.39. The van der Waals surface area contributed by atoms with E-state index in [1.165, 1.54) is 12.8 Å². The van der Waals surface area contributed by atoms with Crippen molar-refractivity contribution >= 4 is 29.1 Å². The molecule has 0 radical (unpaired) electrons. The van der Waals surface area contributed by atoms with Gasteiger partial charge in [-0.1, -0.05) is 61.4 Å². The van der Waals surface area contributed by atoms with Crippen LogP contribution in [0.15, 0.2) is 59.6 Å². The van der Waals surface area contributed by atoms with E-state index in [9.17, 15) is 14.4 Å². The lowest BCUT2D eigenvalue weighted by molar-refractivity contribution is -0.131. The molecule has 1 unspecified atom stereocenters. The average molecular weight is 487 g/mol. The molecule has 3 amide bonds. The number of nitrogens with one attached hydrogen (secondary N) is 2. The molecule has 7 heteroatoms. The minimum absolute atomic E-state index is 0.118. The third kappa shape index (κ3) is 5.50. The second kappa shape index (κ2) is 10.6. The number of benzodiazepines with no additional fused rings is 1. The first kappa shape index (κ1) is 24.2. The van der Waals surface area contributed by atoms with Gasteiger partial charge < -0.3 is 15.5 Å². The largest absolute Gasteiger partial charge is 0.345 e. The van der Waals surface area contributed by atoms with Gasteiger partial charge in [0.2, 0.25) is 18.0 Å². The second-order valence-corrected chi connectivity index (χ2v) is 10.3. The van der Waals surface area contributed by atoms with Gasteiger partial charge in [0, 0.05) is 24.1 Å². The van der Waals surface area contributed by atoms with Crippen molar-refractivity contribution in [2.75, 3.05) is 11.4 Å². The molecule has 0 saturated heterocycles. The fraction of sp³-hybridized carbons (Fsp3) is 0.448. The van der Waals surface area contributed by atoms with Crippen molar-refractivity contribution in [3.63, 3.8) is 0 Å². The molecule has 3 aliphatic rings. The van der Waals surface area contributed by atoms with Gasteiger partial charge >= 0.3 is 0 Å².